The molecule has 0 aromatic heterocycles. The van der Waals surface area contributed by atoms with Crippen LogP contribution in [0.15, 0.2) is 48.0 Å². The Morgan fingerprint density at radius 2 is 1.79 bits per heavy atom. The summed E-state index contributed by atoms with van der Waals surface area (Å²) in [6.07, 6.45) is 1.67. The highest BCUT2D eigenvalue weighted by Gasteiger charge is 2.38. The number of hydrogen-bond donors (Lipinski definition) is 1. The lowest BCUT2D eigenvalue weighted by atomic mass is 9.92. The molecular weight excluding hydrogens is 503 g/mol. The molecule has 0 saturated heterocycles. The van der Waals surface area contributed by atoms with E-state index in [2.05, 4.69) is 0 Å². The fourth-order valence-electron chi connectivity index (χ4n) is 4.59. The smallest absolute Gasteiger partial charge is 0.410 e. The molecule has 0 atom stereocenters. The monoisotopic (exact) mass is 540 g/mol. The molecule has 1 aliphatic carbocycles. The second-order valence-electron chi connectivity index (χ2n) is 10.8. The first-order valence-electron chi connectivity index (χ1n) is 13.3. The minimum Gasteiger partial charge on any atom is -0.497 e. The number of carbonyl (C=O) groups excluding carboxylic acids is 2. The molecule has 2 amide bonds. The summed E-state index contributed by atoms with van der Waals surface area (Å²) in [4.78, 5) is 30.4. The van der Waals surface area contributed by atoms with E-state index in [-0.39, 0.29) is 38.3 Å². The molecule has 2 aliphatic rings. The molecule has 0 unspecified atom stereocenters. The van der Waals surface area contributed by atoms with Crippen molar-refractivity contribution >= 4 is 17.6 Å². The van der Waals surface area contributed by atoms with Crippen molar-refractivity contribution in [3.8, 4) is 11.5 Å². The average Bonchev–Trinajstić information content (AvgIpc) is 3.75. The van der Waals surface area contributed by atoms with Crippen LogP contribution in [-0.2, 0) is 16.1 Å². The molecule has 2 aromatic rings. The number of amides is 2. The number of halogens is 1. The van der Waals surface area contributed by atoms with Gasteiger partial charge in [0, 0.05) is 30.3 Å². The topological polar surface area (TPSA) is 88.5 Å². The third-order valence-corrected chi connectivity index (χ3v) is 6.66. The van der Waals surface area contributed by atoms with Crippen LogP contribution in [0.1, 0.15) is 51.2 Å². The minimum atomic E-state index is -0.667. The number of aliphatic hydroxyl groups is 1. The maximum Gasteiger partial charge on any atom is 0.410 e. The van der Waals surface area contributed by atoms with Gasteiger partial charge in [0.15, 0.2) is 0 Å². The number of ether oxygens (including phenoxy) is 3. The van der Waals surface area contributed by atoms with Crippen LogP contribution < -0.4 is 9.47 Å². The summed E-state index contributed by atoms with van der Waals surface area (Å²) < 4.78 is 31.1. The summed E-state index contributed by atoms with van der Waals surface area (Å²) >= 11 is 0. The van der Waals surface area contributed by atoms with Crippen molar-refractivity contribution in [2.45, 2.75) is 58.2 Å². The Labute approximate surface area is 228 Å². The van der Waals surface area contributed by atoms with Gasteiger partial charge in [-0.15, -0.1) is 0 Å². The zero-order valence-corrected chi connectivity index (χ0v) is 23.0. The largest absolute Gasteiger partial charge is 0.497 e. The first kappa shape index (κ1) is 28.4. The Morgan fingerprint density at radius 1 is 1.10 bits per heavy atom. The van der Waals surface area contributed by atoms with Gasteiger partial charge in [-0.25, -0.2) is 9.18 Å². The summed E-state index contributed by atoms with van der Waals surface area (Å²) in [5, 5.41) is 9.03. The SMILES string of the molecule is COc1ccc(F)c(CN(C(=O)C2=C(c3ccc(OCCO)cc3)CCN(C(=O)OC(C)(C)C)C2)C2CC2)c1. The van der Waals surface area contributed by atoms with Crippen molar-refractivity contribution in [3.63, 3.8) is 0 Å². The third-order valence-electron chi connectivity index (χ3n) is 6.66. The molecule has 0 spiro atoms. The van der Waals surface area contributed by atoms with Crippen molar-refractivity contribution in [3.05, 3.63) is 65.0 Å². The summed E-state index contributed by atoms with van der Waals surface area (Å²) in [7, 11) is 1.52. The fourth-order valence-corrected chi connectivity index (χ4v) is 4.59. The minimum absolute atomic E-state index is 0.00279. The maximum atomic E-state index is 14.7. The molecule has 1 aliphatic heterocycles. The lowest BCUT2D eigenvalue weighted by molar-refractivity contribution is -0.128. The number of rotatable bonds is 9. The van der Waals surface area contributed by atoms with Gasteiger partial charge in [-0.1, -0.05) is 12.1 Å². The van der Waals surface area contributed by atoms with Gasteiger partial charge in [0.2, 0.25) is 0 Å². The van der Waals surface area contributed by atoms with E-state index in [1.807, 2.05) is 12.1 Å². The molecule has 0 bridgehead atoms. The van der Waals surface area contributed by atoms with Gasteiger partial charge in [0.1, 0.15) is 29.5 Å². The standard InChI is InChI=1S/C30H37FN2O6/c1-30(2,3)39-29(36)32-14-13-25(20-5-9-23(10-6-20)38-16-15-34)26(19-32)28(35)33(22-7-8-22)18-21-17-24(37-4)11-12-27(21)31/h5-6,9-12,17,22,34H,7-8,13-16,18-19H2,1-4H3. The zero-order chi connectivity index (χ0) is 28.2. The number of methoxy groups -OCH3 is 1. The van der Waals surface area contributed by atoms with Gasteiger partial charge in [-0.2, -0.15) is 0 Å². The van der Waals surface area contributed by atoms with E-state index >= 15 is 0 Å². The van der Waals surface area contributed by atoms with Gasteiger partial charge in [0.25, 0.3) is 5.91 Å². The van der Waals surface area contributed by atoms with Crippen LogP contribution in [0.4, 0.5) is 9.18 Å². The van der Waals surface area contributed by atoms with Crippen LogP contribution in [0.2, 0.25) is 0 Å². The van der Waals surface area contributed by atoms with Crippen LogP contribution >= 0.6 is 0 Å². The fraction of sp³-hybridized carbons (Fsp3) is 0.467. The number of aliphatic hydroxyl groups excluding tert-OH is 1. The molecule has 9 heteroatoms. The van der Waals surface area contributed by atoms with Crippen molar-refractivity contribution in [1.82, 2.24) is 9.80 Å². The average molecular weight is 541 g/mol. The van der Waals surface area contributed by atoms with Gasteiger partial charge in [-0.3, -0.25) is 4.79 Å². The molecule has 1 saturated carbocycles. The van der Waals surface area contributed by atoms with Gasteiger partial charge in [-0.05, 0) is 81.5 Å². The highest BCUT2D eigenvalue weighted by molar-refractivity contribution is 6.03. The Kier molecular flexibility index (Phi) is 8.80. The molecule has 1 heterocycles. The predicted molar refractivity (Wildman–Crippen MR) is 145 cm³/mol. The van der Waals surface area contributed by atoms with Crippen LogP contribution in [0.25, 0.3) is 5.57 Å². The Bertz CT molecular complexity index is 1220. The van der Waals surface area contributed by atoms with E-state index in [4.69, 9.17) is 19.3 Å². The highest BCUT2D eigenvalue weighted by Crippen LogP contribution is 2.35. The van der Waals surface area contributed by atoms with E-state index in [0.717, 1.165) is 24.0 Å². The third kappa shape index (κ3) is 7.29. The molecule has 2 aromatic carbocycles. The van der Waals surface area contributed by atoms with Crippen LogP contribution in [0.5, 0.6) is 11.5 Å². The number of carbonyl (C=O) groups is 2. The molecule has 1 N–H and O–H groups in total. The first-order valence-corrected chi connectivity index (χ1v) is 13.3. The molecular formula is C30H37FN2O6. The zero-order valence-electron chi connectivity index (χ0n) is 23.0. The first-order chi connectivity index (χ1) is 18.6. The van der Waals surface area contributed by atoms with Gasteiger partial charge in [0.05, 0.1) is 20.3 Å². The molecule has 39 heavy (non-hydrogen) atoms. The summed E-state index contributed by atoms with van der Waals surface area (Å²) in [6.45, 7) is 6.11. The quantitative estimate of drug-likeness (QED) is 0.492. The second-order valence-corrected chi connectivity index (χ2v) is 10.8. The highest BCUT2D eigenvalue weighted by atomic mass is 19.1. The molecule has 1 fully saturated rings. The van der Waals surface area contributed by atoms with Gasteiger partial charge >= 0.3 is 6.09 Å². The van der Waals surface area contributed by atoms with E-state index in [1.165, 1.54) is 13.2 Å². The summed E-state index contributed by atoms with van der Waals surface area (Å²) in [5.74, 6) is 0.511. The lowest BCUT2D eigenvalue weighted by Crippen LogP contribution is -2.44. The molecule has 210 valence electrons. The van der Waals surface area contributed by atoms with Crippen molar-refractivity contribution in [2.75, 3.05) is 33.4 Å². The predicted octanol–water partition coefficient (Wildman–Crippen LogP) is 4.79. The summed E-state index contributed by atoms with van der Waals surface area (Å²) in [6, 6.07) is 11.9. The number of hydrogen-bond acceptors (Lipinski definition) is 6. The van der Waals surface area contributed by atoms with E-state index in [9.17, 15) is 14.0 Å². The molecule has 4 rings (SSSR count). The van der Waals surface area contributed by atoms with E-state index in [1.54, 1.807) is 54.8 Å². The van der Waals surface area contributed by atoms with E-state index in [0.29, 0.717) is 35.6 Å². The number of nitrogens with zero attached hydrogens (tertiary/aromatic N) is 2. The molecule has 0 radical (unpaired) electrons. The van der Waals surface area contributed by atoms with Crippen LogP contribution in [-0.4, -0.2) is 72.0 Å². The van der Waals surface area contributed by atoms with E-state index < -0.39 is 17.5 Å². The normalized spacial score (nSPS) is 15.7. The van der Waals surface area contributed by atoms with Crippen molar-refractivity contribution in [1.29, 1.82) is 0 Å². The second kappa shape index (κ2) is 12.1. The van der Waals surface area contributed by atoms with Crippen LogP contribution in [0.3, 0.4) is 0 Å². The van der Waals surface area contributed by atoms with Crippen molar-refractivity contribution in [2.24, 2.45) is 0 Å². The Morgan fingerprint density at radius 3 is 2.41 bits per heavy atom. The lowest BCUT2D eigenvalue weighted by Gasteiger charge is -2.34. The van der Waals surface area contributed by atoms with Crippen LogP contribution in [0, 0.1) is 5.82 Å². The summed E-state index contributed by atoms with van der Waals surface area (Å²) in [5.41, 5.74) is 1.89. The Balaban J connectivity index is 1.68. The van der Waals surface area contributed by atoms with Crippen molar-refractivity contribution < 1.29 is 33.3 Å². The Hall–Kier alpha value is -3.59. The number of benzene rings is 2. The maximum absolute atomic E-state index is 14.7. The molecule has 8 nitrogen and oxygen atoms in total. The van der Waals surface area contributed by atoms with Gasteiger partial charge < -0.3 is 29.1 Å².